The largest absolute Gasteiger partial charge is 0.475 e. The fraction of sp³-hybridized carbons (Fsp3) is 0.750. The summed E-state index contributed by atoms with van der Waals surface area (Å²) < 4.78 is 36.4. The third kappa shape index (κ3) is 8.62. The van der Waals surface area contributed by atoms with Gasteiger partial charge in [0.2, 0.25) is 5.88 Å². The molecule has 0 aromatic carbocycles. The topological polar surface area (TPSA) is 159 Å². The second-order valence-corrected chi connectivity index (χ2v) is 27.0. The van der Waals surface area contributed by atoms with E-state index in [2.05, 4.69) is 76.6 Å². The average Bonchev–Trinajstić information content (AvgIpc) is 3.67. The molecule has 1 heterocycles. The van der Waals surface area contributed by atoms with E-state index in [0.29, 0.717) is 86.5 Å². The highest BCUT2D eigenvalue weighted by Gasteiger charge is 2.70. The van der Waals surface area contributed by atoms with Gasteiger partial charge in [-0.1, -0.05) is 58.9 Å². The standard InChI is InChI=1S/C56H82N4O7S/c1-37(2)41-19-28-56(59-33-31-55(63)26-17-40(18-27-55)68(10,64)65)30-29-52(6)43(47(41)56)13-14-45-51(5)22-20-42(50(3,4)44(51)21-23-53(45,52)7)38-15-24-54(25-16-38,49(62)66-35-46(61)60(8)9)36-67-48-39(34-57)12-11-32-58-48/h11-12,15,20,32,40-41,43-45,47,59,63H,1,13-14,16-19,21-31,33,35-36H2,2-10H3/t40?,41-,43+,44-,45+,47+,51-,52+,53+,54+,55?,56-/m0/s1. The molecule has 1 aromatic heterocycles. The number of nitrogens with zero attached hydrogens (tertiary/aromatic N) is 3. The summed E-state index contributed by atoms with van der Waals surface area (Å²) in [5.74, 6) is 2.08. The number of hydrogen-bond donors (Lipinski definition) is 2. The zero-order valence-corrected chi connectivity index (χ0v) is 43.7. The maximum absolute atomic E-state index is 14.0. The van der Waals surface area contributed by atoms with Crippen LogP contribution in [0.15, 0.2) is 53.8 Å². The van der Waals surface area contributed by atoms with Gasteiger partial charge < -0.3 is 24.8 Å². The van der Waals surface area contributed by atoms with Gasteiger partial charge in [0.05, 0.1) is 10.9 Å². The molecule has 5 saturated carbocycles. The van der Waals surface area contributed by atoms with Crippen molar-refractivity contribution in [2.45, 2.75) is 167 Å². The van der Waals surface area contributed by atoms with Gasteiger partial charge in [-0.15, -0.1) is 0 Å². The van der Waals surface area contributed by atoms with Gasteiger partial charge in [-0.25, -0.2) is 13.4 Å². The molecule has 0 spiro atoms. The number of nitrogens with one attached hydrogen (secondary N) is 1. The van der Waals surface area contributed by atoms with Gasteiger partial charge in [0.1, 0.15) is 33.5 Å². The summed E-state index contributed by atoms with van der Waals surface area (Å²) in [7, 11) is 0.189. The van der Waals surface area contributed by atoms with E-state index in [1.54, 1.807) is 32.4 Å². The number of pyridine rings is 1. The van der Waals surface area contributed by atoms with Crippen LogP contribution in [0.25, 0.3) is 0 Å². The van der Waals surface area contributed by atoms with Crippen molar-refractivity contribution in [3.8, 4) is 11.9 Å². The second-order valence-electron chi connectivity index (χ2n) is 24.7. The van der Waals surface area contributed by atoms with E-state index in [1.807, 2.05) is 0 Å². The van der Waals surface area contributed by atoms with Crippen molar-refractivity contribution in [3.05, 3.63) is 59.3 Å². The van der Waals surface area contributed by atoms with Crippen LogP contribution in [0.1, 0.15) is 156 Å². The predicted octanol–water partition coefficient (Wildman–Crippen LogP) is 9.70. The Bertz CT molecular complexity index is 2360. The first-order valence-electron chi connectivity index (χ1n) is 26.0. The van der Waals surface area contributed by atoms with Crippen LogP contribution < -0.4 is 10.1 Å². The molecule has 0 saturated heterocycles. The van der Waals surface area contributed by atoms with Crippen LogP contribution in [0.2, 0.25) is 0 Å². The van der Waals surface area contributed by atoms with E-state index in [4.69, 9.17) is 9.47 Å². The fourth-order valence-corrected chi connectivity index (χ4v) is 17.8. The van der Waals surface area contributed by atoms with Crippen LogP contribution in [-0.2, 0) is 24.2 Å². The molecule has 7 aliphatic rings. The van der Waals surface area contributed by atoms with Crippen molar-refractivity contribution >= 4 is 21.7 Å². The lowest BCUT2D eigenvalue weighted by molar-refractivity contribution is -0.221. The highest BCUT2D eigenvalue weighted by Crippen LogP contribution is 2.76. The molecule has 2 N–H and O–H groups in total. The number of fused-ring (bicyclic) bond motifs is 7. The second kappa shape index (κ2) is 18.3. The summed E-state index contributed by atoms with van der Waals surface area (Å²) in [6.07, 6.45) is 22.7. The molecule has 374 valence electrons. The Kier molecular flexibility index (Phi) is 13.7. The maximum Gasteiger partial charge on any atom is 0.316 e. The molecule has 1 aromatic rings. The molecule has 0 unspecified atom stereocenters. The van der Waals surface area contributed by atoms with E-state index in [1.165, 1.54) is 60.0 Å². The Morgan fingerprint density at radius 2 is 1.68 bits per heavy atom. The number of hydrogen-bond acceptors (Lipinski definition) is 10. The summed E-state index contributed by atoms with van der Waals surface area (Å²) in [6.45, 7) is 20.2. The zero-order chi connectivity index (χ0) is 49.3. The van der Waals surface area contributed by atoms with Crippen LogP contribution in [0.3, 0.4) is 0 Å². The Morgan fingerprint density at radius 1 is 0.941 bits per heavy atom. The van der Waals surface area contributed by atoms with E-state index >= 15 is 0 Å². The molecule has 0 bridgehead atoms. The molecule has 8 rings (SSSR count). The fourth-order valence-electron chi connectivity index (χ4n) is 16.7. The predicted molar refractivity (Wildman–Crippen MR) is 266 cm³/mol. The Hall–Kier alpha value is -3.53. The number of esters is 1. The third-order valence-electron chi connectivity index (χ3n) is 20.8. The number of aromatic nitrogens is 1. The van der Waals surface area contributed by atoms with E-state index < -0.39 is 26.8 Å². The summed E-state index contributed by atoms with van der Waals surface area (Å²) in [4.78, 5) is 32.2. The van der Waals surface area contributed by atoms with Crippen molar-refractivity contribution in [1.29, 1.82) is 5.26 Å². The summed E-state index contributed by atoms with van der Waals surface area (Å²) in [5.41, 5.74) is 2.91. The number of amides is 1. The maximum atomic E-state index is 14.0. The van der Waals surface area contributed by atoms with Crippen LogP contribution in [0.4, 0.5) is 0 Å². The van der Waals surface area contributed by atoms with Crippen LogP contribution in [-0.4, -0.2) is 91.8 Å². The first-order valence-corrected chi connectivity index (χ1v) is 27.9. The lowest BCUT2D eigenvalue weighted by atomic mass is 9.33. The minimum atomic E-state index is -3.09. The highest BCUT2D eigenvalue weighted by atomic mass is 32.2. The molecule has 10 atom stereocenters. The van der Waals surface area contributed by atoms with E-state index in [-0.39, 0.29) is 57.4 Å². The number of nitriles is 1. The Balaban J connectivity index is 1.01. The Morgan fingerprint density at radius 3 is 2.32 bits per heavy atom. The first kappa shape index (κ1) is 50.8. The summed E-state index contributed by atoms with van der Waals surface area (Å²) in [5, 5.41) is 25.2. The molecule has 0 aliphatic heterocycles. The van der Waals surface area contributed by atoms with Crippen LogP contribution in [0, 0.1) is 68.0 Å². The van der Waals surface area contributed by atoms with Gasteiger partial charge in [0.25, 0.3) is 5.91 Å². The first-order chi connectivity index (χ1) is 31.9. The number of carbonyl (C=O) groups excluding carboxylic acids is 2. The number of likely N-dealkylation sites (N-methyl/N-ethyl adjacent to an activating group) is 1. The number of carbonyl (C=O) groups is 2. The van der Waals surface area contributed by atoms with E-state index in [0.717, 1.165) is 32.2 Å². The molecule has 5 fully saturated rings. The van der Waals surface area contributed by atoms with Gasteiger partial charge in [-0.05, 0) is 197 Å². The number of ether oxygens (including phenoxy) is 2. The summed E-state index contributed by atoms with van der Waals surface area (Å²) >= 11 is 0. The van der Waals surface area contributed by atoms with Crippen LogP contribution >= 0.6 is 0 Å². The van der Waals surface area contributed by atoms with Crippen molar-refractivity contribution in [1.82, 2.24) is 15.2 Å². The van der Waals surface area contributed by atoms with Gasteiger partial charge in [0.15, 0.2) is 6.61 Å². The monoisotopic (exact) mass is 955 g/mol. The third-order valence-corrected chi connectivity index (χ3v) is 22.5. The number of aliphatic hydroxyl groups is 1. The minimum Gasteiger partial charge on any atom is -0.475 e. The molecule has 0 radical (unpaired) electrons. The Labute approximate surface area is 408 Å². The van der Waals surface area contributed by atoms with Crippen molar-refractivity contribution in [2.24, 2.45) is 56.7 Å². The highest BCUT2D eigenvalue weighted by molar-refractivity contribution is 7.91. The summed E-state index contributed by atoms with van der Waals surface area (Å²) in [6, 6.07) is 5.47. The smallest absolute Gasteiger partial charge is 0.316 e. The normalized spacial score (nSPS) is 39.6. The lowest BCUT2D eigenvalue weighted by Gasteiger charge is -2.72. The molecule has 68 heavy (non-hydrogen) atoms. The minimum absolute atomic E-state index is 0.00946. The lowest BCUT2D eigenvalue weighted by Crippen LogP contribution is -2.68. The average molecular weight is 955 g/mol. The van der Waals surface area contributed by atoms with Gasteiger partial charge in [-0.3, -0.25) is 9.59 Å². The van der Waals surface area contributed by atoms with E-state index in [9.17, 15) is 28.4 Å². The van der Waals surface area contributed by atoms with Crippen molar-refractivity contribution in [2.75, 3.05) is 40.1 Å². The number of sulfone groups is 1. The molecular weight excluding hydrogens is 873 g/mol. The number of allylic oxidation sites excluding steroid dienone is 5. The van der Waals surface area contributed by atoms with Gasteiger partial charge in [-0.2, -0.15) is 5.26 Å². The molecule has 7 aliphatic carbocycles. The van der Waals surface area contributed by atoms with Gasteiger partial charge in [0, 0.05) is 32.1 Å². The molecular formula is C56H82N4O7S. The van der Waals surface area contributed by atoms with Crippen molar-refractivity contribution in [3.63, 3.8) is 0 Å². The van der Waals surface area contributed by atoms with Gasteiger partial charge >= 0.3 is 5.97 Å². The number of rotatable bonds is 13. The van der Waals surface area contributed by atoms with Crippen molar-refractivity contribution < 1.29 is 32.6 Å². The SMILES string of the molecule is C=C(C)[C@@H]1CC[C@]2(NCCC3(O)CCC(S(C)(=O)=O)CC3)CC[C@]3(C)[C@H](CC[C@@H]4[C@@]5(C)CC=C(C6=CC[C@@](COc7ncccc7C#N)(C(=O)OCC(=O)N(C)C)CC6)C(C)(C)[C@@H]5CC[C@]43C)[C@@H]12. The quantitative estimate of drug-likeness (QED) is 0.144. The molecule has 11 nitrogen and oxygen atoms in total. The zero-order valence-electron chi connectivity index (χ0n) is 42.8. The van der Waals surface area contributed by atoms with Crippen LogP contribution in [0.5, 0.6) is 5.88 Å². The molecule has 1 amide bonds. The molecule has 12 heteroatoms.